The van der Waals surface area contributed by atoms with Gasteiger partial charge in [0.1, 0.15) is 12.2 Å². The van der Waals surface area contributed by atoms with Gasteiger partial charge in [0.05, 0.1) is 12.3 Å². The molecule has 0 amide bonds. The minimum Gasteiger partial charge on any atom is -0.293 e. The first-order valence-corrected chi connectivity index (χ1v) is 3.66. The van der Waals surface area contributed by atoms with Crippen LogP contribution in [0.3, 0.4) is 0 Å². The van der Waals surface area contributed by atoms with Crippen LogP contribution >= 0.6 is 0 Å². The van der Waals surface area contributed by atoms with Crippen LogP contribution in [0, 0.1) is 11.3 Å². The molecule has 0 bridgehead atoms. The van der Waals surface area contributed by atoms with E-state index in [1.807, 2.05) is 6.07 Å². The average molecular weight is 169 g/mol. The van der Waals surface area contributed by atoms with Crippen molar-refractivity contribution < 1.29 is 4.39 Å². The second kappa shape index (κ2) is 5.42. The molecular weight excluding hydrogens is 157 g/mol. The number of nitriles is 1. The molecule has 12 heavy (non-hydrogen) atoms. The monoisotopic (exact) mass is 169 g/mol. The predicted molar refractivity (Wildman–Crippen MR) is 47.5 cm³/mol. The van der Waals surface area contributed by atoms with Gasteiger partial charge in [0.15, 0.2) is 5.71 Å². The van der Waals surface area contributed by atoms with Crippen LogP contribution in [0.5, 0.6) is 0 Å². The van der Waals surface area contributed by atoms with Gasteiger partial charge in [-0.3, -0.25) is 9.98 Å². The lowest BCUT2D eigenvalue weighted by atomic mass is 10.2. The molecule has 0 aromatic carbocycles. The van der Waals surface area contributed by atoms with E-state index >= 15 is 0 Å². The van der Waals surface area contributed by atoms with Crippen molar-refractivity contribution in [3.05, 3.63) is 0 Å². The minimum absolute atomic E-state index is 0.162. The third-order valence-corrected chi connectivity index (χ3v) is 1.37. The van der Waals surface area contributed by atoms with E-state index in [1.54, 1.807) is 6.92 Å². The second-order valence-corrected chi connectivity index (χ2v) is 2.43. The summed E-state index contributed by atoms with van der Waals surface area (Å²) in [6, 6.07) is 1.33. The molecule has 0 aliphatic heterocycles. The van der Waals surface area contributed by atoms with Gasteiger partial charge in [0, 0.05) is 7.05 Å². The molecular formula is C8H12FN3. The number of nitrogens with zero attached hydrogens (tertiary/aromatic N) is 3. The highest BCUT2D eigenvalue weighted by molar-refractivity contribution is 6.37. The molecule has 0 aliphatic rings. The van der Waals surface area contributed by atoms with Gasteiger partial charge in [-0.25, -0.2) is 4.39 Å². The second-order valence-electron chi connectivity index (χ2n) is 2.43. The summed E-state index contributed by atoms with van der Waals surface area (Å²) in [6.45, 7) is 3.03. The maximum atomic E-state index is 12.6. The largest absolute Gasteiger partial charge is 0.293 e. The Morgan fingerprint density at radius 1 is 1.58 bits per heavy atom. The SMILES string of the molecule is C/N=C\C(C#N)=N/[C@@H](C)C(C)F. The van der Waals surface area contributed by atoms with E-state index in [0.717, 1.165) is 0 Å². The van der Waals surface area contributed by atoms with Gasteiger partial charge < -0.3 is 0 Å². The Labute approximate surface area is 71.6 Å². The van der Waals surface area contributed by atoms with Crippen LogP contribution in [-0.2, 0) is 0 Å². The molecule has 0 rings (SSSR count). The van der Waals surface area contributed by atoms with E-state index in [9.17, 15) is 4.39 Å². The number of aliphatic imine (C=N–C) groups is 2. The van der Waals surface area contributed by atoms with Crippen LogP contribution in [0.2, 0.25) is 0 Å². The Morgan fingerprint density at radius 2 is 2.17 bits per heavy atom. The molecule has 0 saturated carbocycles. The molecule has 0 N–H and O–H groups in total. The molecule has 0 radical (unpaired) electrons. The molecule has 0 fully saturated rings. The Bertz CT molecular complexity index is 225. The van der Waals surface area contributed by atoms with Crippen LogP contribution in [0.15, 0.2) is 9.98 Å². The van der Waals surface area contributed by atoms with Crippen LogP contribution in [0.25, 0.3) is 0 Å². The van der Waals surface area contributed by atoms with Gasteiger partial charge in [-0.1, -0.05) is 0 Å². The lowest BCUT2D eigenvalue weighted by molar-refractivity contribution is 0.319. The molecule has 0 saturated heterocycles. The van der Waals surface area contributed by atoms with Crippen molar-refractivity contribution in [3.63, 3.8) is 0 Å². The van der Waals surface area contributed by atoms with Crippen molar-refractivity contribution >= 4 is 11.9 Å². The highest BCUT2D eigenvalue weighted by Crippen LogP contribution is 2.01. The molecule has 3 nitrogen and oxygen atoms in total. The van der Waals surface area contributed by atoms with E-state index in [1.165, 1.54) is 20.2 Å². The third-order valence-electron chi connectivity index (χ3n) is 1.37. The van der Waals surface area contributed by atoms with Crippen LogP contribution < -0.4 is 0 Å². The van der Waals surface area contributed by atoms with Crippen molar-refractivity contribution in [3.8, 4) is 6.07 Å². The zero-order chi connectivity index (χ0) is 9.56. The molecule has 0 heterocycles. The number of rotatable bonds is 3. The summed E-state index contributed by atoms with van der Waals surface area (Å²) in [7, 11) is 1.54. The van der Waals surface area contributed by atoms with Crippen LogP contribution in [-0.4, -0.2) is 31.2 Å². The lowest BCUT2D eigenvalue weighted by Gasteiger charge is -2.05. The minimum atomic E-state index is -1.04. The molecule has 2 atom stereocenters. The highest BCUT2D eigenvalue weighted by atomic mass is 19.1. The van der Waals surface area contributed by atoms with E-state index in [4.69, 9.17) is 5.26 Å². The smallest absolute Gasteiger partial charge is 0.153 e. The lowest BCUT2D eigenvalue weighted by Crippen LogP contribution is -2.14. The average Bonchev–Trinajstić information content (AvgIpc) is 2.03. The quantitative estimate of drug-likeness (QED) is 0.589. The van der Waals surface area contributed by atoms with Crippen molar-refractivity contribution in [1.82, 2.24) is 0 Å². The van der Waals surface area contributed by atoms with Gasteiger partial charge in [-0.2, -0.15) is 5.26 Å². The van der Waals surface area contributed by atoms with Gasteiger partial charge in [0.2, 0.25) is 0 Å². The van der Waals surface area contributed by atoms with Crippen LogP contribution in [0.1, 0.15) is 13.8 Å². The number of hydrogen-bond acceptors (Lipinski definition) is 3. The van der Waals surface area contributed by atoms with E-state index in [-0.39, 0.29) is 5.71 Å². The van der Waals surface area contributed by atoms with E-state index < -0.39 is 12.2 Å². The molecule has 4 heteroatoms. The summed E-state index contributed by atoms with van der Waals surface area (Å²) in [5.41, 5.74) is 0.162. The van der Waals surface area contributed by atoms with E-state index in [2.05, 4.69) is 9.98 Å². The van der Waals surface area contributed by atoms with Crippen molar-refractivity contribution in [2.45, 2.75) is 26.1 Å². The number of halogens is 1. The predicted octanol–water partition coefficient (Wildman–Crippen LogP) is 1.40. The number of alkyl halides is 1. The van der Waals surface area contributed by atoms with Gasteiger partial charge in [-0.15, -0.1) is 0 Å². The maximum Gasteiger partial charge on any atom is 0.153 e. The Balaban J connectivity index is 4.40. The first kappa shape index (κ1) is 10.8. The van der Waals surface area contributed by atoms with Crippen molar-refractivity contribution in [2.75, 3.05) is 7.05 Å². The summed E-state index contributed by atoms with van der Waals surface area (Å²) < 4.78 is 12.6. The zero-order valence-corrected chi connectivity index (χ0v) is 7.45. The van der Waals surface area contributed by atoms with Crippen molar-refractivity contribution in [1.29, 1.82) is 5.26 Å². The van der Waals surface area contributed by atoms with E-state index in [0.29, 0.717) is 0 Å². The summed E-state index contributed by atoms with van der Waals surface area (Å²) >= 11 is 0. The topological polar surface area (TPSA) is 48.5 Å². The highest BCUT2D eigenvalue weighted by Gasteiger charge is 2.08. The standard InChI is InChI=1S/C8H12FN3/c1-6(9)7(2)12-8(4-10)5-11-3/h5-7H,1-3H3/b11-5-,12-8-/t6?,7-/m0/s1. The Kier molecular flexibility index (Phi) is 4.86. The van der Waals surface area contributed by atoms with Gasteiger partial charge in [-0.05, 0) is 13.8 Å². The summed E-state index contributed by atoms with van der Waals surface area (Å²) in [4.78, 5) is 7.43. The number of hydrogen-bond donors (Lipinski definition) is 0. The van der Waals surface area contributed by atoms with Crippen molar-refractivity contribution in [2.24, 2.45) is 9.98 Å². The molecule has 0 spiro atoms. The fourth-order valence-corrected chi connectivity index (χ4v) is 0.535. The fraction of sp³-hybridized carbons (Fsp3) is 0.625. The summed E-state index contributed by atoms with van der Waals surface area (Å²) in [5, 5.41) is 8.49. The maximum absolute atomic E-state index is 12.6. The molecule has 0 aliphatic carbocycles. The zero-order valence-electron chi connectivity index (χ0n) is 7.45. The first-order chi connectivity index (χ1) is 5.61. The summed E-state index contributed by atoms with van der Waals surface area (Å²) in [5.74, 6) is 0. The molecule has 0 aromatic heterocycles. The molecule has 0 aromatic rings. The summed E-state index contributed by atoms with van der Waals surface area (Å²) in [6.07, 6.45) is 0.275. The van der Waals surface area contributed by atoms with Gasteiger partial charge >= 0.3 is 0 Å². The van der Waals surface area contributed by atoms with Gasteiger partial charge in [0.25, 0.3) is 0 Å². The molecule has 1 unspecified atom stereocenters. The fourth-order valence-electron chi connectivity index (χ4n) is 0.535. The first-order valence-electron chi connectivity index (χ1n) is 3.66. The third kappa shape index (κ3) is 3.81. The molecule has 66 valence electrons. The normalized spacial score (nSPS) is 17.4. The van der Waals surface area contributed by atoms with Crippen LogP contribution in [0.4, 0.5) is 4.39 Å². The Hall–Kier alpha value is -1.24. The Morgan fingerprint density at radius 3 is 2.50 bits per heavy atom.